The van der Waals surface area contributed by atoms with E-state index in [0.717, 1.165) is 23.9 Å². The summed E-state index contributed by atoms with van der Waals surface area (Å²) in [4.78, 5) is 12.0. The van der Waals surface area contributed by atoms with E-state index in [4.69, 9.17) is 0 Å². The quantitative estimate of drug-likeness (QED) is 0.792. The molecule has 3 heterocycles. The number of anilines is 2. The van der Waals surface area contributed by atoms with Gasteiger partial charge in [-0.25, -0.2) is 0 Å². The van der Waals surface area contributed by atoms with Crippen LogP contribution in [0.2, 0.25) is 0 Å². The van der Waals surface area contributed by atoms with Crippen molar-refractivity contribution in [1.29, 1.82) is 0 Å². The normalized spacial score (nSPS) is 15.2. The molecule has 4 rings (SSSR count). The molecule has 0 atom stereocenters. The molecule has 24 heavy (non-hydrogen) atoms. The van der Waals surface area contributed by atoms with E-state index in [0.29, 0.717) is 23.4 Å². The van der Waals surface area contributed by atoms with Crippen LogP contribution in [0.15, 0.2) is 34.3 Å². The van der Waals surface area contributed by atoms with Crippen molar-refractivity contribution in [2.45, 2.75) is 25.0 Å². The average molecular weight is 342 g/mol. The molecule has 1 aromatic carbocycles. The predicted molar refractivity (Wildman–Crippen MR) is 95.8 cm³/mol. The number of hydrogen-bond acceptors (Lipinski definition) is 7. The second-order valence-electron chi connectivity index (χ2n) is 5.81. The van der Waals surface area contributed by atoms with Crippen LogP contribution in [0, 0.1) is 6.92 Å². The number of thioether (sulfide) groups is 1. The van der Waals surface area contributed by atoms with E-state index < -0.39 is 0 Å². The van der Waals surface area contributed by atoms with E-state index >= 15 is 0 Å². The van der Waals surface area contributed by atoms with E-state index in [1.807, 2.05) is 6.07 Å². The Bertz CT molecular complexity index is 838. The van der Waals surface area contributed by atoms with Crippen LogP contribution in [0.1, 0.15) is 16.8 Å². The topological polar surface area (TPSA) is 81.0 Å². The van der Waals surface area contributed by atoms with Crippen molar-refractivity contribution in [3.8, 4) is 5.75 Å². The first-order valence-electron chi connectivity index (χ1n) is 7.82. The Morgan fingerprint density at radius 1 is 1.38 bits per heavy atom. The van der Waals surface area contributed by atoms with Gasteiger partial charge < -0.3 is 20.4 Å². The molecule has 3 N–H and O–H groups in total. The second-order valence-corrected chi connectivity index (χ2v) is 6.82. The van der Waals surface area contributed by atoms with Crippen LogP contribution in [0.25, 0.3) is 0 Å². The van der Waals surface area contributed by atoms with Gasteiger partial charge in [-0.2, -0.15) is 0 Å². The molecule has 2 aliphatic rings. The smallest absolute Gasteiger partial charge is 0.168 e. The molecule has 2 aliphatic heterocycles. The largest absolute Gasteiger partial charge is 0.506 e. The van der Waals surface area contributed by atoms with Gasteiger partial charge in [0.25, 0.3) is 0 Å². The van der Waals surface area contributed by atoms with Gasteiger partial charge in [-0.3, -0.25) is 9.98 Å². The SMILES string of the molecule is Cc1ncc(CO)c(CNc2ccc3c(c2)N2CCN=C2S3)c1O. The van der Waals surface area contributed by atoms with E-state index in [2.05, 4.69) is 32.3 Å². The van der Waals surface area contributed by atoms with Gasteiger partial charge in [0.05, 0.1) is 24.5 Å². The summed E-state index contributed by atoms with van der Waals surface area (Å²) in [6.45, 7) is 3.81. The van der Waals surface area contributed by atoms with Gasteiger partial charge in [0.1, 0.15) is 5.75 Å². The van der Waals surface area contributed by atoms with Gasteiger partial charge in [-0.1, -0.05) is 0 Å². The zero-order chi connectivity index (χ0) is 16.7. The molecule has 1 aromatic heterocycles. The number of fused-ring (bicyclic) bond motifs is 3. The molecule has 7 heteroatoms. The molecule has 0 aliphatic carbocycles. The Morgan fingerprint density at radius 2 is 2.25 bits per heavy atom. The molecule has 2 aromatic rings. The third-order valence-electron chi connectivity index (χ3n) is 4.32. The Morgan fingerprint density at radius 3 is 3.08 bits per heavy atom. The fourth-order valence-electron chi connectivity index (χ4n) is 2.97. The average Bonchev–Trinajstić information content (AvgIpc) is 3.17. The molecule has 0 saturated carbocycles. The first kappa shape index (κ1) is 15.3. The number of amidine groups is 1. The number of aliphatic imine (C=N–C) groups is 1. The molecule has 0 saturated heterocycles. The maximum absolute atomic E-state index is 10.2. The van der Waals surface area contributed by atoms with Gasteiger partial charge in [0.15, 0.2) is 5.17 Å². The summed E-state index contributed by atoms with van der Waals surface area (Å²) in [5.41, 5.74) is 4.03. The first-order chi connectivity index (χ1) is 11.7. The summed E-state index contributed by atoms with van der Waals surface area (Å²) in [6, 6.07) is 6.23. The number of aliphatic hydroxyl groups is 1. The fourth-order valence-corrected chi connectivity index (χ4v) is 4.03. The molecule has 6 nitrogen and oxygen atoms in total. The van der Waals surface area contributed by atoms with Crippen molar-refractivity contribution in [2.24, 2.45) is 4.99 Å². The number of hydrogen-bond donors (Lipinski definition) is 3. The molecular formula is C17H18N4O2S. The summed E-state index contributed by atoms with van der Waals surface area (Å²) >= 11 is 1.71. The van der Waals surface area contributed by atoms with E-state index in [1.54, 1.807) is 24.9 Å². The lowest BCUT2D eigenvalue weighted by atomic mass is 10.1. The first-order valence-corrected chi connectivity index (χ1v) is 8.64. The molecular weight excluding hydrogens is 324 g/mol. The van der Waals surface area contributed by atoms with Crippen molar-refractivity contribution < 1.29 is 10.2 Å². The van der Waals surface area contributed by atoms with Crippen LogP contribution in [-0.4, -0.2) is 33.5 Å². The third-order valence-corrected chi connectivity index (χ3v) is 5.42. The number of pyridine rings is 1. The lowest BCUT2D eigenvalue weighted by Gasteiger charge is -2.16. The van der Waals surface area contributed by atoms with E-state index in [9.17, 15) is 10.2 Å². The number of aromatic nitrogens is 1. The molecule has 0 fully saturated rings. The monoisotopic (exact) mass is 342 g/mol. The van der Waals surface area contributed by atoms with Crippen molar-refractivity contribution in [1.82, 2.24) is 4.98 Å². The standard InChI is InChI=1S/C17H18N4O2S/c1-10-16(23)13(11(9-22)7-19-10)8-20-12-2-3-15-14(6-12)21-5-4-18-17(21)24-15/h2-3,6-7,20,22-23H,4-5,8-9H2,1H3. The van der Waals surface area contributed by atoms with Gasteiger partial charge in [-0.05, 0) is 36.9 Å². The van der Waals surface area contributed by atoms with Crippen molar-refractivity contribution >= 4 is 28.3 Å². The highest BCUT2D eigenvalue weighted by Crippen LogP contribution is 2.43. The van der Waals surface area contributed by atoms with Crippen LogP contribution in [-0.2, 0) is 13.2 Å². The number of rotatable bonds is 4. The van der Waals surface area contributed by atoms with Crippen molar-refractivity contribution in [2.75, 3.05) is 23.3 Å². The number of aromatic hydroxyl groups is 1. The minimum Gasteiger partial charge on any atom is -0.506 e. The zero-order valence-corrected chi connectivity index (χ0v) is 14.1. The Hall–Kier alpha value is -2.25. The summed E-state index contributed by atoms with van der Waals surface area (Å²) in [7, 11) is 0. The molecule has 124 valence electrons. The number of nitrogens with one attached hydrogen (secondary N) is 1. The summed E-state index contributed by atoms with van der Waals surface area (Å²) in [6.07, 6.45) is 1.61. The maximum atomic E-state index is 10.2. The fraction of sp³-hybridized carbons (Fsp3) is 0.294. The number of nitrogens with zero attached hydrogens (tertiary/aromatic N) is 3. The van der Waals surface area contributed by atoms with E-state index in [1.165, 1.54) is 10.6 Å². The summed E-state index contributed by atoms with van der Waals surface area (Å²) in [5.74, 6) is 0.139. The van der Waals surface area contributed by atoms with Crippen molar-refractivity contribution in [3.05, 3.63) is 41.2 Å². The van der Waals surface area contributed by atoms with Crippen LogP contribution >= 0.6 is 11.8 Å². The van der Waals surface area contributed by atoms with Crippen LogP contribution in [0.5, 0.6) is 5.75 Å². The maximum Gasteiger partial charge on any atom is 0.168 e. The highest BCUT2D eigenvalue weighted by molar-refractivity contribution is 8.14. The van der Waals surface area contributed by atoms with Gasteiger partial charge in [-0.15, -0.1) is 0 Å². The van der Waals surface area contributed by atoms with Crippen LogP contribution < -0.4 is 10.2 Å². The van der Waals surface area contributed by atoms with Crippen LogP contribution in [0.4, 0.5) is 11.4 Å². The molecule has 0 radical (unpaired) electrons. The Balaban J connectivity index is 1.57. The molecule has 0 bridgehead atoms. The van der Waals surface area contributed by atoms with Crippen LogP contribution in [0.3, 0.4) is 0 Å². The Kier molecular flexibility index (Phi) is 3.82. The zero-order valence-electron chi connectivity index (χ0n) is 13.3. The number of aliphatic hydroxyl groups excluding tert-OH is 1. The lowest BCUT2D eigenvalue weighted by Crippen LogP contribution is -2.20. The highest BCUT2D eigenvalue weighted by atomic mass is 32.2. The Labute approximate surface area is 144 Å². The predicted octanol–water partition coefficient (Wildman–Crippen LogP) is 2.48. The highest BCUT2D eigenvalue weighted by Gasteiger charge is 2.29. The number of benzene rings is 1. The number of aryl methyl sites for hydroxylation is 1. The van der Waals surface area contributed by atoms with Gasteiger partial charge in [0.2, 0.25) is 0 Å². The minimum absolute atomic E-state index is 0.139. The van der Waals surface area contributed by atoms with Gasteiger partial charge >= 0.3 is 0 Å². The molecule has 0 amide bonds. The molecule has 0 spiro atoms. The third kappa shape index (κ3) is 2.50. The van der Waals surface area contributed by atoms with Gasteiger partial charge in [0, 0.05) is 41.0 Å². The lowest BCUT2D eigenvalue weighted by molar-refractivity contribution is 0.279. The molecule has 0 unspecified atom stereocenters. The summed E-state index contributed by atoms with van der Waals surface area (Å²) < 4.78 is 0. The van der Waals surface area contributed by atoms with E-state index in [-0.39, 0.29) is 12.4 Å². The van der Waals surface area contributed by atoms with Crippen molar-refractivity contribution in [3.63, 3.8) is 0 Å². The minimum atomic E-state index is -0.147. The summed E-state index contributed by atoms with van der Waals surface area (Å²) in [5, 5.41) is 24.1. The second kappa shape index (κ2) is 5.99.